The predicted molar refractivity (Wildman–Crippen MR) is 111 cm³/mol. The Balaban J connectivity index is 2.35. The Kier molecular flexibility index (Phi) is 13.2. The lowest BCUT2D eigenvalue weighted by Gasteiger charge is -2.29. The van der Waals surface area contributed by atoms with Crippen LogP contribution in [0.15, 0.2) is 30.3 Å². The molecule has 1 rings (SSSR count). The molecule has 0 aliphatic heterocycles. The van der Waals surface area contributed by atoms with Crippen LogP contribution < -0.4 is 0 Å². The number of rotatable bonds is 17. The van der Waals surface area contributed by atoms with Gasteiger partial charge in [0.15, 0.2) is 0 Å². The summed E-state index contributed by atoms with van der Waals surface area (Å²) in [5.41, 5.74) is 0.420. The minimum atomic E-state index is -0.663. The van der Waals surface area contributed by atoms with Gasteiger partial charge < -0.3 is 9.90 Å². The Morgan fingerprint density at radius 3 is 1.81 bits per heavy atom. The quantitative estimate of drug-likeness (QED) is 0.241. The van der Waals surface area contributed by atoms with Crippen LogP contribution in [0.4, 0.5) is 0 Å². The topological polar surface area (TPSA) is 37.3 Å². The van der Waals surface area contributed by atoms with Crippen LogP contribution in [0.5, 0.6) is 0 Å². The molecule has 0 bridgehead atoms. The molecule has 0 aliphatic rings. The summed E-state index contributed by atoms with van der Waals surface area (Å²) in [5, 5.41) is 11.3. The molecule has 1 aromatic rings. The van der Waals surface area contributed by atoms with Crippen LogP contribution in [-0.2, 0) is 10.4 Å². The number of aldehydes is 1. The van der Waals surface area contributed by atoms with E-state index in [1.54, 1.807) is 0 Å². The summed E-state index contributed by atoms with van der Waals surface area (Å²) in [6.07, 6.45) is 17.9. The largest absolute Gasteiger partial charge is 0.385 e. The van der Waals surface area contributed by atoms with Gasteiger partial charge in [-0.05, 0) is 24.8 Å². The van der Waals surface area contributed by atoms with Gasteiger partial charge in [-0.15, -0.1) is 0 Å². The highest BCUT2D eigenvalue weighted by atomic mass is 16.3. The fourth-order valence-corrected chi connectivity index (χ4v) is 3.71. The summed E-state index contributed by atoms with van der Waals surface area (Å²) in [6.45, 7) is 2.25. The molecule has 1 N–H and O–H groups in total. The molecule has 0 spiro atoms. The second-order valence-electron chi connectivity index (χ2n) is 7.74. The highest BCUT2D eigenvalue weighted by Gasteiger charge is 2.27. The van der Waals surface area contributed by atoms with Crippen molar-refractivity contribution in [3.8, 4) is 0 Å². The van der Waals surface area contributed by atoms with Crippen molar-refractivity contribution in [3.63, 3.8) is 0 Å². The molecule has 1 atom stereocenters. The molecule has 0 fully saturated rings. The highest BCUT2D eigenvalue weighted by Crippen LogP contribution is 2.33. The van der Waals surface area contributed by atoms with Crippen LogP contribution in [-0.4, -0.2) is 11.4 Å². The molecular formula is C24H40O2. The number of carbonyl (C=O) groups excluding carboxylic acids is 1. The van der Waals surface area contributed by atoms with Crippen molar-refractivity contribution in [2.45, 2.75) is 109 Å². The van der Waals surface area contributed by atoms with Gasteiger partial charge >= 0.3 is 0 Å². The molecule has 0 radical (unpaired) electrons. The van der Waals surface area contributed by atoms with Gasteiger partial charge in [0, 0.05) is 6.42 Å². The Bertz CT molecular complexity index is 443. The van der Waals surface area contributed by atoms with Crippen LogP contribution in [0.2, 0.25) is 0 Å². The molecule has 148 valence electrons. The molecule has 2 nitrogen and oxygen atoms in total. The molecule has 0 saturated heterocycles. The predicted octanol–water partition coefficient (Wildman–Crippen LogP) is 6.94. The van der Waals surface area contributed by atoms with Crippen molar-refractivity contribution in [1.29, 1.82) is 0 Å². The van der Waals surface area contributed by atoms with E-state index < -0.39 is 5.60 Å². The molecule has 0 aliphatic carbocycles. The van der Waals surface area contributed by atoms with Gasteiger partial charge in [-0.25, -0.2) is 0 Å². The third-order valence-corrected chi connectivity index (χ3v) is 5.42. The lowest BCUT2D eigenvalue weighted by Crippen LogP contribution is -2.25. The maximum atomic E-state index is 11.3. The SMILES string of the molecule is CCCCCCCCC(O)(CCCCCCCCC=O)c1ccccc1. The van der Waals surface area contributed by atoms with Gasteiger partial charge in [0.05, 0.1) is 5.60 Å². The van der Waals surface area contributed by atoms with Crippen molar-refractivity contribution >= 4 is 6.29 Å². The first-order valence-electron chi connectivity index (χ1n) is 10.9. The smallest absolute Gasteiger partial charge is 0.119 e. The molecule has 2 heteroatoms. The second kappa shape index (κ2) is 15.0. The Morgan fingerprint density at radius 1 is 0.769 bits per heavy atom. The van der Waals surface area contributed by atoms with Crippen molar-refractivity contribution in [1.82, 2.24) is 0 Å². The van der Waals surface area contributed by atoms with Crippen molar-refractivity contribution in [3.05, 3.63) is 35.9 Å². The maximum absolute atomic E-state index is 11.3. The van der Waals surface area contributed by atoms with E-state index in [2.05, 4.69) is 19.1 Å². The number of benzene rings is 1. The summed E-state index contributed by atoms with van der Waals surface area (Å²) in [7, 11) is 0. The summed E-state index contributed by atoms with van der Waals surface area (Å²) < 4.78 is 0. The average molecular weight is 361 g/mol. The summed E-state index contributed by atoms with van der Waals surface area (Å²) in [5.74, 6) is 0. The van der Waals surface area contributed by atoms with Gasteiger partial charge in [0.25, 0.3) is 0 Å². The van der Waals surface area contributed by atoms with E-state index in [4.69, 9.17) is 0 Å². The number of hydrogen-bond acceptors (Lipinski definition) is 2. The van der Waals surface area contributed by atoms with Crippen LogP contribution in [0.25, 0.3) is 0 Å². The summed E-state index contributed by atoms with van der Waals surface area (Å²) in [6, 6.07) is 10.3. The van der Waals surface area contributed by atoms with Gasteiger partial charge in [-0.2, -0.15) is 0 Å². The van der Waals surface area contributed by atoms with Crippen LogP contribution in [0.1, 0.15) is 109 Å². The molecule has 0 aromatic heterocycles. The van der Waals surface area contributed by atoms with Gasteiger partial charge in [0.2, 0.25) is 0 Å². The molecule has 26 heavy (non-hydrogen) atoms. The van der Waals surface area contributed by atoms with E-state index in [9.17, 15) is 9.90 Å². The highest BCUT2D eigenvalue weighted by molar-refractivity contribution is 5.48. The van der Waals surface area contributed by atoms with E-state index in [1.807, 2.05) is 18.2 Å². The van der Waals surface area contributed by atoms with E-state index in [0.29, 0.717) is 6.42 Å². The third kappa shape index (κ3) is 10.1. The molecule has 0 amide bonds. The number of carbonyl (C=O) groups is 1. The molecule has 0 saturated carbocycles. The van der Waals surface area contributed by atoms with Gasteiger partial charge in [-0.1, -0.05) is 108 Å². The monoisotopic (exact) mass is 360 g/mol. The fraction of sp³-hybridized carbons (Fsp3) is 0.708. The Labute approximate surface area is 161 Å². The van der Waals surface area contributed by atoms with Crippen molar-refractivity contribution in [2.24, 2.45) is 0 Å². The van der Waals surface area contributed by atoms with Crippen LogP contribution in [0.3, 0.4) is 0 Å². The minimum absolute atomic E-state index is 0.663. The zero-order chi connectivity index (χ0) is 18.9. The lowest BCUT2D eigenvalue weighted by molar-refractivity contribution is -0.107. The molecule has 1 aromatic carbocycles. The number of hydrogen-bond donors (Lipinski definition) is 1. The normalized spacial score (nSPS) is 13.5. The second-order valence-corrected chi connectivity index (χ2v) is 7.74. The lowest BCUT2D eigenvalue weighted by atomic mass is 9.83. The first-order chi connectivity index (χ1) is 12.7. The maximum Gasteiger partial charge on any atom is 0.119 e. The van der Waals surface area contributed by atoms with E-state index in [-0.39, 0.29) is 0 Å². The first-order valence-corrected chi connectivity index (χ1v) is 10.9. The van der Waals surface area contributed by atoms with Crippen LogP contribution in [0, 0.1) is 0 Å². The summed E-state index contributed by atoms with van der Waals surface area (Å²) in [4.78, 5) is 10.3. The standard InChI is InChI=1S/C24H40O2/c1-2-3-4-5-9-15-20-24(26,23-18-13-12-14-19-23)21-16-10-7-6-8-11-17-22-25/h12-14,18-19,22,26H,2-11,15-17,20-21H2,1H3. The van der Waals surface area contributed by atoms with Crippen molar-refractivity contribution < 1.29 is 9.90 Å². The number of unbranched alkanes of at least 4 members (excludes halogenated alkanes) is 11. The summed E-state index contributed by atoms with van der Waals surface area (Å²) >= 11 is 0. The van der Waals surface area contributed by atoms with Gasteiger partial charge in [0.1, 0.15) is 6.29 Å². The van der Waals surface area contributed by atoms with Crippen molar-refractivity contribution in [2.75, 3.05) is 0 Å². The minimum Gasteiger partial charge on any atom is -0.385 e. The van der Waals surface area contributed by atoms with Gasteiger partial charge in [-0.3, -0.25) is 0 Å². The molecule has 0 heterocycles. The van der Waals surface area contributed by atoms with E-state index in [0.717, 1.165) is 50.4 Å². The molecule has 1 unspecified atom stereocenters. The van der Waals surface area contributed by atoms with E-state index >= 15 is 0 Å². The number of aliphatic hydroxyl groups is 1. The molecular weight excluding hydrogens is 320 g/mol. The van der Waals surface area contributed by atoms with Crippen LogP contribution >= 0.6 is 0 Å². The zero-order valence-corrected chi connectivity index (χ0v) is 16.9. The average Bonchev–Trinajstić information content (AvgIpc) is 2.67. The first kappa shape index (κ1) is 22.9. The zero-order valence-electron chi connectivity index (χ0n) is 16.9. The Hall–Kier alpha value is -1.15. The fourth-order valence-electron chi connectivity index (χ4n) is 3.71. The van der Waals surface area contributed by atoms with E-state index in [1.165, 1.54) is 51.4 Å². The Morgan fingerprint density at radius 2 is 1.27 bits per heavy atom. The third-order valence-electron chi connectivity index (χ3n) is 5.42.